The molecule has 0 radical (unpaired) electrons. The highest BCUT2D eigenvalue weighted by Crippen LogP contribution is 2.35. The third kappa shape index (κ3) is 3.57. The van der Waals surface area contributed by atoms with Crippen LogP contribution in [0.5, 0.6) is 5.75 Å². The molecule has 28 heavy (non-hydrogen) atoms. The molecule has 2 N–H and O–H groups in total. The number of nitrogens with one attached hydrogen (secondary N) is 1. The molecule has 0 unspecified atom stereocenters. The fraction of sp³-hybridized carbons (Fsp3) is 0.250. The Balaban J connectivity index is 1.58. The number of carbonyl (C=O) groups is 1. The highest BCUT2D eigenvalue weighted by Gasteiger charge is 2.23. The van der Waals surface area contributed by atoms with Crippen molar-refractivity contribution in [2.45, 2.75) is 31.0 Å². The summed E-state index contributed by atoms with van der Waals surface area (Å²) in [6, 6.07) is 6.28. The number of rotatable bonds is 6. The quantitative estimate of drug-likeness (QED) is 0.279. The van der Waals surface area contributed by atoms with E-state index in [-0.39, 0.29) is 23.0 Å². The molecule has 2 heterocycles. The summed E-state index contributed by atoms with van der Waals surface area (Å²) in [5.41, 5.74) is 1.70. The van der Waals surface area contributed by atoms with E-state index in [1.54, 1.807) is 34.1 Å². The predicted octanol–water partition coefficient (Wildman–Crippen LogP) is 3.57. The summed E-state index contributed by atoms with van der Waals surface area (Å²) in [5.74, 6) is 0.0613. The Kier molecular flexibility index (Phi) is 5.23. The number of aromatic hydroxyl groups is 1. The number of carbonyl (C=O) groups excluding carboxylic acids is 1. The molecule has 1 amide bonds. The maximum atomic E-state index is 13.1. The summed E-state index contributed by atoms with van der Waals surface area (Å²) in [6.45, 7) is 4.10. The van der Waals surface area contributed by atoms with Crippen LogP contribution in [0.4, 0.5) is 5.69 Å². The lowest BCUT2D eigenvalue weighted by atomic mass is 10.2. The lowest BCUT2D eigenvalue weighted by molar-refractivity contribution is -0.113. The lowest BCUT2D eigenvalue weighted by Gasteiger charge is -2.11. The van der Waals surface area contributed by atoms with Crippen molar-refractivity contribution in [1.82, 2.24) is 9.55 Å². The molecule has 1 aromatic carbocycles. The highest BCUT2D eigenvalue weighted by molar-refractivity contribution is 7.99. The van der Waals surface area contributed by atoms with Crippen LogP contribution in [0, 0.1) is 0 Å². The van der Waals surface area contributed by atoms with Crippen molar-refractivity contribution < 1.29 is 9.90 Å². The smallest absolute Gasteiger partial charge is 0.263 e. The number of nitrogens with zero attached hydrogens (tertiary/aromatic N) is 2. The van der Waals surface area contributed by atoms with Crippen LogP contribution in [0.1, 0.15) is 16.9 Å². The van der Waals surface area contributed by atoms with Gasteiger partial charge in [0, 0.05) is 17.1 Å². The zero-order valence-electron chi connectivity index (χ0n) is 15.1. The number of allylic oxidation sites excluding steroid dienone is 1. The SMILES string of the molecule is C=CCn1c(SCC(=O)Nc2ccc(O)cc2)nc2sc3c(c2c1=O)CCC3. The average Bonchev–Trinajstić information content (AvgIpc) is 3.25. The van der Waals surface area contributed by atoms with Gasteiger partial charge < -0.3 is 10.4 Å². The van der Waals surface area contributed by atoms with Gasteiger partial charge in [0.15, 0.2) is 5.16 Å². The molecule has 3 aromatic rings. The van der Waals surface area contributed by atoms with E-state index in [1.165, 1.54) is 28.8 Å². The summed E-state index contributed by atoms with van der Waals surface area (Å²) in [6.07, 6.45) is 4.70. The van der Waals surface area contributed by atoms with Gasteiger partial charge in [0.2, 0.25) is 5.91 Å². The van der Waals surface area contributed by atoms with E-state index in [2.05, 4.69) is 11.9 Å². The van der Waals surface area contributed by atoms with Crippen molar-refractivity contribution in [3.8, 4) is 5.75 Å². The van der Waals surface area contributed by atoms with Crippen LogP contribution in [-0.4, -0.2) is 26.3 Å². The maximum absolute atomic E-state index is 13.1. The van der Waals surface area contributed by atoms with Crippen LogP contribution in [0.3, 0.4) is 0 Å². The van der Waals surface area contributed by atoms with Crippen molar-refractivity contribution >= 4 is 44.9 Å². The molecule has 0 saturated carbocycles. The van der Waals surface area contributed by atoms with Crippen LogP contribution < -0.4 is 10.9 Å². The molecule has 0 atom stereocenters. The Morgan fingerprint density at radius 1 is 1.36 bits per heavy atom. The minimum absolute atomic E-state index is 0.0502. The van der Waals surface area contributed by atoms with E-state index >= 15 is 0 Å². The van der Waals surface area contributed by atoms with Crippen LogP contribution in [0.25, 0.3) is 10.2 Å². The molecule has 4 rings (SSSR count). The molecule has 1 aliphatic rings. The molecule has 8 heteroatoms. The zero-order chi connectivity index (χ0) is 19.7. The number of phenolic OH excluding ortho intramolecular Hbond substituents is 1. The molecule has 0 fully saturated rings. The molecular weight excluding hydrogens is 394 g/mol. The minimum atomic E-state index is -0.205. The van der Waals surface area contributed by atoms with Crippen molar-refractivity contribution in [1.29, 1.82) is 0 Å². The lowest BCUT2D eigenvalue weighted by Crippen LogP contribution is -2.23. The van der Waals surface area contributed by atoms with E-state index in [9.17, 15) is 14.7 Å². The average molecular weight is 414 g/mol. The fourth-order valence-electron chi connectivity index (χ4n) is 3.33. The second-order valence-corrected chi connectivity index (χ2v) is 8.55. The molecule has 2 aromatic heterocycles. The standard InChI is InChI=1S/C20H19N3O3S2/c1-2-10-23-19(26)17-14-4-3-5-15(14)28-18(17)22-20(23)27-11-16(25)21-12-6-8-13(24)9-7-12/h2,6-9,24H,1,3-5,10-11H2,(H,21,25). The summed E-state index contributed by atoms with van der Waals surface area (Å²) in [5, 5.41) is 13.3. The summed E-state index contributed by atoms with van der Waals surface area (Å²) in [4.78, 5) is 32.1. The molecule has 0 spiro atoms. The number of amides is 1. The summed E-state index contributed by atoms with van der Waals surface area (Å²) >= 11 is 2.83. The van der Waals surface area contributed by atoms with Crippen molar-refractivity contribution in [2.75, 3.05) is 11.1 Å². The van der Waals surface area contributed by atoms with Crippen molar-refractivity contribution in [3.63, 3.8) is 0 Å². The Morgan fingerprint density at radius 2 is 2.14 bits per heavy atom. The van der Waals surface area contributed by atoms with Gasteiger partial charge in [-0.05, 0) is 49.1 Å². The number of phenols is 1. The molecule has 144 valence electrons. The molecule has 0 bridgehead atoms. The minimum Gasteiger partial charge on any atom is -0.508 e. The van der Waals surface area contributed by atoms with E-state index in [1.807, 2.05) is 0 Å². The first kappa shape index (κ1) is 18.8. The monoisotopic (exact) mass is 413 g/mol. The number of aryl methyl sites for hydroxylation is 2. The number of hydrogen-bond acceptors (Lipinski definition) is 6. The fourth-order valence-corrected chi connectivity index (χ4v) is 5.44. The predicted molar refractivity (Wildman–Crippen MR) is 114 cm³/mol. The van der Waals surface area contributed by atoms with Gasteiger partial charge in [-0.2, -0.15) is 0 Å². The molecule has 1 aliphatic carbocycles. The first-order chi connectivity index (χ1) is 13.6. The normalized spacial score (nSPS) is 12.9. The van der Waals surface area contributed by atoms with E-state index in [0.29, 0.717) is 17.4 Å². The van der Waals surface area contributed by atoms with Crippen LogP contribution >= 0.6 is 23.1 Å². The van der Waals surface area contributed by atoms with E-state index in [4.69, 9.17) is 4.98 Å². The van der Waals surface area contributed by atoms with E-state index in [0.717, 1.165) is 35.0 Å². The van der Waals surface area contributed by atoms with Crippen molar-refractivity contribution in [3.05, 3.63) is 57.7 Å². The number of thioether (sulfide) groups is 1. The van der Waals surface area contributed by atoms with Gasteiger partial charge in [-0.1, -0.05) is 17.8 Å². The number of benzene rings is 1. The van der Waals surface area contributed by atoms with Gasteiger partial charge in [0.05, 0.1) is 11.1 Å². The van der Waals surface area contributed by atoms with E-state index < -0.39 is 0 Å². The molecule has 0 aliphatic heterocycles. The summed E-state index contributed by atoms with van der Waals surface area (Å²) < 4.78 is 1.60. The third-order valence-electron chi connectivity index (χ3n) is 4.58. The Bertz CT molecular complexity index is 1120. The number of anilines is 1. The molecule has 0 saturated heterocycles. The van der Waals surface area contributed by atoms with Crippen molar-refractivity contribution in [2.24, 2.45) is 0 Å². The van der Waals surface area contributed by atoms with Gasteiger partial charge in [0.25, 0.3) is 5.56 Å². The number of aromatic nitrogens is 2. The second-order valence-electron chi connectivity index (χ2n) is 6.52. The number of hydrogen-bond donors (Lipinski definition) is 2. The van der Waals surface area contributed by atoms with Gasteiger partial charge >= 0.3 is 0 Å². The molecule has 6 nitrogen and oxygen atoms in total. The first-order valence-corrected chi connectivity index (χ1v) is 10.7. The number of fused-ring (bicyclic) bond motifs is 3. The highest BCUT2D eigenvalue weighted by atomic mass is 32.2. The topological polar surface area (TPSA) is 84.2 Å². The van der Waals surface area contributed by atoms with Crippen LogP contribution in [0.15, 0.2) is 46.9 Å². The largest absolute Gasteiger partial charge is 0.508 e. The van der Waals surface area contributed by atoms with Gasteiger partial charge in [-0.15, -0.1) is 17.9 Å². The maximum Gasteiger partial charge on any atom is 0.263 e. The third-order valence-corrected chi connectivity index (χ3v) is 6.75. The van der Waals surface area contributed by atoms with Gasteiger partial charge in [-0.3, -0.25) is 14.2 Å². The van der Waals surface area contributed by atoms with Crippen LogP contribution in [-0.2, 0) is 24.2 Å². The first-order valence-electron chi connectivity index (χ1n) is 8.94. The number of thiophene rings is 1. The Morgan fingerprint density at radius 3 is 2.89 bits per heavy atom. The Labute approximate surface area is 169 Å². The van der Waals surface area contributed by atoms with Gasteiger partial charge in [-0.25, -0.2) is 4.98 Å². The zero-order valence-corrected chi connectivity index (χ0v) is 16.7. The summed E-state index contributed by atoms with van der Waals surface area (Å²) in [7, 11) is 0. The molecular formula is C20H19N3O3S2. The van der Waals surface area contributed by atoms with Crippen LogP contribution in [0.2, 0.25) is 0 Å². The Hall–Kier alpha value is -2.58. The second kappa shape index (κ2) is 7.81. The van der Waals surface area contributed by atoms with Gasteiger partial charge in [0.1, 0.15) is 10.6 Å².